The molecule has 4 heteroatoms. The van der Waals surface area contributed by atoms with Crippen molar-refractivity contribution in [3.05, 3.63) is 70.2 Å². The molecule has 20 heavy (non-hydrogen) atoms. The van der Waals surface area contributed by atoms with Gasteiger partial charge in [0.2, 0.25) is 0 Å². The average Bonchev–Trinajstić information content (AvgIpc) is 3.11. The monoisotopic (exact) mass is 283 g/mol. The Morgan fingerprint density at radius 3 is 2.75 bits per heavy atom. The van der Waals surface area contributed by atoms with E-state index in [2.05, 4.69) is 53.1 Å². The Bertz CT molecular complexity index is 643. The van der Waals surface area contributed by atoms with E-state index in [1.165, 1.54) is 10.4 Å². The molecule has 3 rings (SSSR count). The SMILES string of the molecule is CC(Cc1cccs1)c1cn(Cc2ccccc2)nn1. The highest BCUT2D eigenvalue weighted by Gasteiger charge is 2.11. The summed E-state index contributed by atoms with van der Waals surface area (Å²) in [6.07, 6.45) is 3.09. The van der Waals surface area contributed by atoms with E-state index in [0.29, 0.717) is 5.92 Å². The first-order valence-electron chi connectivity index (χ1n) is 6.77. The molecule has 1 atom stereocenters. The minimum Gasteiger partial charge on any atom is -0.248 e. The molecule has 2 aromatic heterocycles. The first kappa shape index (κ1) is 13.1. The zero-order chi connectivity index (χ0) is 13.8. The van der Waals surface area contributed by atoms with Crippen molar-refractivity contribution in [3.8, 4) is 0 Å². The normalized spacial score (nSPS) is 12.4. The van der Waals surface area contributed by atoms with Crippen LogP contribution in [0.4, 0.5) is 0 Å². The minimum absolute atomic E-state index is 0.401. The van der Waals surface area contributed by atoms with Crippen molar-refractivity contribution in [3.63, 3.8) is 0 Å². The predicted molar refractivity (Wildman–Crippen MR) is 82.0 cm³/mol. The lowest BCUT2D eigenvalue weighted by molar-refractivity contribution is 0.648. The Kier molecular flexibility index (Phi) is 3.92. The summed E-state index contributed by atoms with van der Waals surface area (Å²) in [5.74, 6) is 0.401. The van der Waals surface area contributed by atoms with Gasteiger partial charge in [-0.15, -0.1) is 16.4 Å². The number of rotatable bonds is 5. The van der Waals surface area contributed by atoms with Crippen LogP contribution in [0, 0.1) is 0 Å². The van der Waals surface area contributed by atoms with Gasteiger partial charge in [-0.25, -0.2) is 4.68 Å². The van der Waals surface area contributed by atoms with E-state index in [0.717, 1.165) is 18.7 Å². The van der Waals surface area contributed by atoms with Crippen LogP contribution in [0.1, 0.15) is 29.0 Å². The first-order valence-corrected chi connectivity index (χ1v) is 7.65. The third-order valence-corrected chi connectivity index (χ3v) is 4.23. The first-order chi connectivity index (χ1) is 9.81. The highest BCUT2D eigenvalue weighted by atomic mass is 32.1. The van der Waals surface area contributed by atoms with Crippen molar-refractivity contribution >= 4 is 11.3 Å². The molecular weight excluding hydrogens is 266 g/mol. The summed E-state index contributed by atoms with van der Waals surface area (Å²) in [5, 5.41) is 10.7. The highest BCUT2D eigenvalue weighted by molar-refractivity contribution is 7.09. The number of benzene rings is 1. The predicted octanol–water partition coefficient (Wildman–Crippen LogP) is 3.73. The zero-order valence-corrected chi connectivity index (χ0v) is 12.3. The van der Waals surface area contributed by atoms with Crippen LogP contribution in [0.15, 0.2) is 54.0 Å². The Hall–Kier alpha value is -1.94. The number of thiophene rings is 1. The maximum absolute atomic E-state index is 4.31. The summed E-state index contributed by atoms with van der Waals surface area (Å²) in [6.45, 7) is 2.98. The van der Waals surface area contributed by atoms with Crippen molar-refractivity contribution in [1.29, 1.82) is 0 Å². The lowest BCUT2D eigenvalue weighted by atomic mass is 10.0. The fourth-order valence-corrected chi connectivity index (χ4v) is 3.06. The van der Waals surface area contributed by atoms with Crippen molar-refractivity contribution in [2.24, 2.45) is 0 Å². The fourth-order valence-electron chi connectivity index (χ4n) is 2.22. The summed E-state index contributed by atoms with van der Waals surface area (Å²) in [7, 11) is 0. The summed E-state index contributed by atoms with van der Waals surface area (Å²) in [5.41, 5.74) is 2.31. The lowest BCUT2D eigenvalue weighted by Gasteiger charge is -2.05. The molecule has 0 bridgehead atoms. The van der Waals surface area contributed by atoms with Gasteiger partial charge in [-0.3, -0.25) is 0 Å². The maximum Gasteiger partial charge on any atom is 0.0858 e. The van der Waals surface area contributed by atoms with Gasteiger partial charge in [-0.05, 0) is 23.4 Å². The molecule has 0 radical (unpaired) electrons. The van der Waals surface area contributed by atoms with Crippen LogP contribution in [0.3, 0.4) is 0 Å². The quantitative estimate of drug-likeness (QED) is 0.714. The molecule has 0 aliphatic carbocycles. The van der Waals surface area contributed by atoms with E-state index >= 15 is 0 Å². The molecule has 0 saturated heterocycles. The molecule has 2 heterocycles. The number of aromatic nitrogens is 3. The Labute approximate surface area is 122 Å². The van der Waals surface area contributed by atoms with Crippen LogP contribution in [0.5, 0.6) is 0 Å². The molecule has 0 aliphatic rings. The van der Waals surface area contributed by atoms with Crippen LogP contribution in [0.2, 0.25) is 0 Å². The maximum atomic E-state index is 4.31. The van der Waals surface area contributed by atoms with Crippen LogP contribution in [-0.4, -0.2) is 15.0 Å². The second kappa shape index (κ2) is 6.01. The third kappa shape index (κ3) is 3.14. The van der Waals surface area contributed by atoms with Crippen LogP contribution in [-0.2, 0) is 13.0 Å². The van der Waals surface area contributed by atoms with Gasteiger partial charge < -0.3 is 0 Å². The van der Waals surface area contributed by atoms with Gasteiger partial charge in [0.1, 0.15) is 0 Å². The number of hydrogen-bond donors (Lipinski definition) is 0. The van der Waals surface area contributed by atoms with Gasteiger partial charge in [-0.2, -0.15) is 0 Å². The highest BCUT2D eigenvalue weighted by Crippen LogP contribution is 2.21. The van der Waals surface area contributed by atoms with E-state index < -0.39 is 0 Å². The molecule has 1 unspecified atom stereocenters. The summed E-state index contributed by atoms with van der Waals surface area (Å²) < 4.78 is 1.91. The van der Waals surface area contributed by atoms with E-state index in [1.54, 1.807) is 11.3 Å². The van der Waals surface area contributed by atoms with E-state index in [-0.39, 0.29) is 0 Å². The van der Waals surface area contributed by atoms with Gasteiger partial charge in [0.15, 0.2) is 0 Å². The standard InChI is InChI=1S/C16H17N3S/c1-13(10-15-8-5-9-20-15)16-12-19(18-17-16)11-14-6-3-2-4-7-14/h2-9,12-13H,10-11H2,1H3. The molecule has 3 nitrogen and oxygen atoms in total. The van der Waals surface area contributed by atoms with Crippen LogP contribution < -0.4 is 0 Å². The van der Waals surface area contributed by atoms with Gasteiger partial charge in [0, 0.05) is 17.0 Å². The van der Waals surface area contributed by atoms with E-state index in [4.69, 9.17) is 0 Å². The molecule has 0 spiro atoms. The van der Waals surface area contributed by atoms with Crippen molar-refractivity contribution in [2.75, 3.05) is 0 Å². The molecule has 0 N–H and O–H groups in total. The topological polar surface area (TPSA) is 30.7 Å². The lowest BCUT2D eigenvalue weighted by Crippen LogP contribution is -2.00. The Morgan fingerprint density at radius 2 is 2.00 bits per heavy atom. The second-order valence-corrected chi connectivity index (χ2v) is 6.04. The zero-order valence-electron chi connectivity index (χ0n) is 11.4. The van der Waals surface area contributed by atoms with Crippen LogP contribution >= 0.6 is 11.3 Å². The largest absolute Gasteiger partial charge is 0.248 e. The molecule has 0 amide bonds. The minimum atomic E-state index is 0.401. The molecule has 0 aliphatic heterocycles. The Morgan fingerprint density at radius 1 is 1.15 bits per heavy atom. The third-order valence-electron chi connectivity index (χ3n) is 3.34. The summed E-state index contributed by atoms with van der Waals surface area (Å²) >= 11 is 1.80. The van der Waals surface area contributed by atoms with Gasteiger partial charge in [0.05, 0.1) is 12.2 Å². The second-order valence-electron chi connectivity index (χ2n) is 5.01. The molecule has 3 aromatic rings. The average molecular weight is 283 g/mol. The molecule has 0 fully saturated rings. The van der Waals surface area contributed by atoms with Gasteiger partial charge in [0.25, 0.3) is 0 Å². The summed E-state index contributed by atoms with van der Waals surface area (Å²) in [4.78, 5) is 1.40. The van der Waals surface area contributed by atoms with E-state index in [1.807, 2.05) is 22.9 Å². The van der Waals surface area contributed by atoms with E-state index in [9.17, 15) is 0 Å². The molecule has 1 aromatic carbocycles. The number of hydrogen-bond acceptors (Lipinski definition) is 3. The van der Waals surface area contributed by atoms with Crippen molar-refractivity contribution < 1.29 is 0 Å². The molecule has 102 valence electrons. The van der Waals surface area contributed by atoms with Crippen LogP contribution in [0.25, 0.3) is 0 Å². The van der Waals surface area contributed by atoms with Gasteiger partial charge in [-0.1, -0.05) is 48.5 Å². The summed E-state index contributed by atoms with van der Waals surface area (Å²) in [6, 6.07) is 14.6. The number of nitrogens with zero attached hydrogens (tertiary/aromatic N) is 3. The molecular formula is C16H17N3S. The molecule has 0 saturated carbocycles. The fraction of sp³-hybridized carbons (Fsp3) is 0.250. The van der Waals surface area contributed by atoms with Gasteiger partial charge >= 0.3 is 0 Å². The Balaban J connectivity index is 1.67. The van der Waals surface area contributed by atoms with Crippen molar-refractivity contribution in [1.82, 2.24) is 15.0 Å². The smallest absolute Gasteiger partial charge is 0.0858 e. The van der Waals surface area contributed by atoms with Crippen molar-refractivity contribution in [2.45, 2.75) is 25.8 Å².